The Balaban J connectivity index is 2.60. The number of hydrogen-bond donors (Lipinski definition) is 3. The Morgan fingerprint density at radius 1 is 1.24 bits per heavy atom. The van der Waals surface area contributed by atoms with Gasteiger partial charge in [-0.25, -0.2) is 18.0 Å². The van der Waals surface area contributed by atoms with Crippen LogP contribution in [0.25, 0.3) is 0 Å². The number of carbonyl (C=O) groups is 1. The van der Waals surface area contributed by atoms with E-state index in [0.717, 1.165) is 0 Å². The molecular formula is C10H11F3N2O2. The monoisotopic (exact) mass is 248 g/mol. The summed E-state index contributed by atoms with van der Waals surface area (Å²) in [5.74, 6) is -4.34. The Bertz CT molecular complexity index is 390. The third kappa shape index (κ3) is 3.95. The maximum Gasteiger partial charge on any atom is 0.319 e. The van der Waals surface area contributed by atoms with Gasteiger partial charge in [-0.05, 0) is 6.42 Å². The molecule has 17 heavy (non-hydrogen) atoms. The van der Waals surface area contributed by atoms with Gasteiger partial charge in [0.05, 0.1) is 0 Å². The highest BCUT2D eigenvalue weighted by Crippen LogP contribution is 2.17. The van der Waals surface area contributed by atoms with Crippen molar-refractivity contribution < 1.29 is 23.1 Å². The first-order valence-electron chi connectivity index (χ1n) is 4.85. The van der Waals surface area contributed by atoms with E-state index in [2.05, 4.69) is 10.6 Å². The van der Waals surface area contributed by atoms with Crippen LogP contribution in [0, 0.1) is 17.5 Å². The Morgan fingerprint density at radius 2 is 1.82 bits per heavy atom. The van der Waals surface area contributed by atoms with Crippen LogP contribution in [0.15, 0.2) is 12.1 Å². The Kier molecular flexibility index (Phi) is 4.77. The van der Waals surface area contributed by atoms with Crippen LogP contribution in [0.5, 0.6) is 0 Å². The zero-order chi connectivity index (χ0) is 12.8. The van der Waals surface area contributed by atoms with Crippen LogP contribution in [0.2, 0.25) is 0 Å². The summed E-state index contributed by atoms with van der Waals surface area (Å²) in [5.41, 5.74) is -0.192. The van der Waals surface area contributed by atoms with Crippen LogP contribution in [-0.4, -0.2) is 24.3 Å². The maximum absolute atomic E-state index is 12.8. The fraction of sp³-hybridized carbons (Fsp3) is 0.300. The summed E-state index contributed by atoms with van der Waals surface area (Å²) in [7, 11) is 0. The summed E-state index contributed by atoms with van der Waals surface area (Å²) >= 11 is 0. The molecule has 2 amide bonds. The molecule has 0 saturated carbocycles. The van der Waals surface area contributed by atoms with E-state index in [1.807, 2.05) is 0 Å². The molecule has 0 aromatic heterocycles. The molecule has 0 unspecified atom stereocenters. The van der Waals surface area contributed by atoms with E-state index < -0.39 is 23.5 Å². The number of hydrogen-bond acceptors (Lipinski definition) is 2. The lowest BCUT2D eigenvalue weighted by molar-refractivity contribution is 0.249. The number of anilines is 1. The van der Waals surface area contributed by atoms with Crippen molar-refractivity contribution >= 4 is 11.7 Å². The molecule has 0 radical (unpaired) electrons. The number of amides is 2. The molecule has 0 spiro atoms. The number of aliphatic hydroxyl groups excluding tert-OH is 1. The number of carbonyl (C=O) groups excluding carboxylic acids is 1. The summed E-state index contributed by atoms with van der Waals surface area (Å²) in [6.07, 6.45) is 0.361. The van der Waals surface area contributed by atoms with Gasteiger partial charge in [0.1, 0.15) is 0 Å². The predicted molar refractivity (Wildman–Crippen MR) is 55.0 cm³/mol. The number of aliphatic hydroxyl groups is 1. The summed E-state index contributed by atoms with van der Waals surface area (Å²) in [5, 5.41) is 12.9. The van der Waals surface area contributed by atoms with E-state index in [9.17, 15) is 18.0 Å². The fourth-order valence-corrected chi connectivity index (χ4v) is 1.08. The zero-order valence-electron chi connectivity index (χ0n) is 8.77. The summed E-state index contributed by atoms with van der Waals surface area (Å²) in [6, 6.07) is 0.650. The first kappa shape index (κ1) is 13.3. The summed E-state index contributed by atoms with van der Waals surface area (Å²) in [6.45, 7) is 0.134. The van der Waals surface area contributed by atoms with E-state index >= 15 is 0 Å². The van der Waals surface area contributed by atoms with E-state index in [4.69, 9.17) is 5.11 Å². The molecule has 0 aliphatic rings. The van der Waals surface area contributed by atoms with Crippen LogP contribution >= 0.6 is 0 Å². The van der Waals surface area contributed by atoms with Crippen LogP contribution in [0.3, 0.4) is 0 Å². The minimum absolute atomic E-state index is 0.0832. The quantitative estimate of drug-likeness (QED) is 0.560. The van der Waals surface area contributed by atoms with Gasteiger partial charge in [-0.15, -0.1) is 0 Å². The number of halogens is 3. The van der Waals surface area contributed by atoms with Crippen molar-refractivity contribution in [3.05, 3.63) is 29.6 Å². The average molecular weight is 248 g/mol. The molecule has 1 aromatic carbocycles. The van der Waals surface area contributed by atoms with Gasteiger partial charge in [0, 0.05) is 31.0 Å². The third-order valence-corrected chi connectivity index (χ3v) is 1.86. The van der Waals surface area contributed by atoms with E-state index in [-0.39, 0.29) is 18.8 Å². The van der Waals surface area contributed by atoms with Crippen LogP contribution in [-0.2, 0) is 0 Å². The molecule has 0 aliphatic carbocycles. The Hall–Kier alpha value is -1.76. The largest absolute Gasteiger partial charge is 0.396 e. The molecule has 0 fully saturated rings. The van der Waals surface area contributed by atoms with Gasteiger partial charge in [-0.1, -0.05) is 0 Å². The minimum Gasteiger partial charge on any atom is -0.396 e. The van der Waals surface area contributed by atoms with Gasteiger partial charge < -0.3 is 15.7 Å². The van der Waals surface area contributed by atoms with Crippen molar-refractivity contribution in [3.8, 4) is 0 Å². The lowest BCUT2D eigenvalue weighted by Gasteiger charge is -2.07. The molecule has 94 valence electrons. The minimum atomic E-state index is -1.59. The van der Waals surface area contributed by atoms with E-state index in [1.54, 1.807) is 0 Å². The number of benzene rings is 1. The Morgan fingerprint density at radius 3 is 2.35 bits per heavy atom. The van der Waals surface area contributed by atoms with Crippen LogP contribution < -0.4 is 10.6 Å². The molecule has 1 aromatic rings. The highest BCUT2D eigenvalue weighted by Gasteiger charge is 2.11. The lowest BCUT2D eigenvalue weighted by atomic mass is 10.3. The average Bonchev–Trinajstić information content (AvgIpc) is 2.26. The van der Waals surface area contributed by atoms with Gasteiger partial charge in [-0.3, -0.25) is 0 Å². The van der Waals surface area contributed by atoms with Crippen molar-refractivity contribution in [2.45, 2.75) is 6.42 Å². The van der Waals surface area contributed by atoms with Gasteiger partial charge in [0.15, 0.2) is 17.5 Å². The second-order valence-corrected chi connectivity index (χ2v) is 3.21. The van der Waals surface area contributed by atoms with Crippen LogP contribution in [0.4, 0.5) is 23.7 Å². The second-order valence-electron chi connectivity index (χ2n) is 3.21. The third-order valence-electron chi connectivity index (χ3n) is 1.86. The highest BCUT2D eigenvalue weighted by atomic mass is 19.2. The molecule has 0 bridgehead atoms. The van der Waals surface area contributed by atoms with Gasteiger partial charge in [-0.2, -0.15) is 0 Å². The van der Waals surface area contributed by atoms with Crippen molar-refractivity contribution in [2.24, 2.45) is 0 Å². The molecule has 7 heteroatoms. The summed E-state index contributed by atoms with van der Waals surface area (Å²) < 4.78 is 38.1. The maximum atomic E-state index is 12.8. The number of urea groups is 1. The number of nitrogens with one attached hydrogen (secondary N) is 2. The first-order chi connectivity index (χ1) is 8.04. The molecule has 4 nitrogen and oxygen atoms in total. The second kappa shape index (κ2) is 6.09. The van der Waals surface area contributed by atoms with E-state index in [0.29, 0.717) is 18.6 Å². The molecule has 0 atom stereocenters. The van der Waals surface area contributed by atoms with Gasteiger partial charge in [0.2, 0.25) is 0 Å². The molecule has 1 rings (SSSR count). The molecular weight excluding hydrogens is 237 g/mol. The van der Waals surface area contributed by atoms with E-state index in [1.165, 1.54) is 0 Å². The van der Waals surface area contributed by atoms with Crippen molar-refractivity contribution in [1.29, 1.82) is 0 Å². The standard InChI is InChI=1S/C10H11F3N2O2/c11-7-4-6(5-8(12)9(7)13)15-10(17)14-2-1-3-16/h4-5,16H,1-3H2,(H2,14,15,17). The molecule has 3 N–H and O–H groups in total. The summed E-state index contributed by atoms with van der Waals surface area (Å²) in [4.78, 5) is 11.2. The highest BCUT2D eigenvalue weighted by molar-refractivity contribution is 5.89. The molecule has 0 aliphatic heterocycles. The fourth-order valence-electron chi connectivity index (χ4n) is 1.08. The van der Waals surface area contributed by atoms with Crippen molar-refractivity contribution in [1.82, 2.24) is 5.32 Å². The van der Waals surface area contributed by atoms with Gasteiger partial charge >= 0.3 is 6.03 Å². The van der Waals surface area contributed by atoms with Crippen molar-refractivity contribution in [2.75, 3.05) is 18.5 Å². The zero-order valence-corrected chi connectivity index (χ0v) is 8.77. The predicted octanol–water partition coefficient (Wildman–Crippen LogP) is 1.61. The first-order valence-corrected chi connectivity index (χ1v) is 4.85. The molecule has 0 saturated heterocycles. The smallest absolute Gasteiger partial charge is 0.319 e. The SMILES string of the molecule is O=C(NCCCO)Nc1cc(F)c(F)c(F)c1. The Labute approximate surface area is 95.4 Å². The van der Waals surface area contributed by atoms with Crippen LogP contribution in [0.1, 0.15) is 6.42 Å². The van der Waals surface area contributed by atoms with Crippen molar-refractivity contribution in [3.63, 3.8) is 0 Å². The molecule has 0 heterocycles. The lowest BCUT2D eigenvalue weighted by Crippen LogP contribution is -2.30. The van der Waals surface area contributed by atoms with Gasteiger partial charge in [0.25, 0.3) is 0 Å². The topological polar surface area (TPSA) is 61.4 Å². The number of rotatable bonds is 4. The normalized spacial score (nSPS) is 10.1.